The second kappa shape index (κ2) is 5.97. The van der Waals surface area contributed by atoms with E-state index in [2.05, 4.69) is 45.0 Å². The number of carbonyl (C=O) groups excluding carboxylic acids is 1. The molecule has 3 fully saturated rings. The number of rotatable bonds is 4. The summed E-state index contributed by atoms with van der Waals surface area (Å²) < 4.78 is 15.7. The third-order valence-electron chi connectivity index (χ3n) is 7.13. The molecular formula is C23H22FN5O. The molecule has 3 saturated carbocycles. The van der Waals surface area contributed by atoms with E-state index in [1.165, 1.54) is 23.2 Å². The zero-order valence-corrected chi connectivity index (χ0v) is 16.8. The number of hydrogen-bond acceptors (Lipinski definition) is 4. The van der Waals surface area contributed by atoms with Crippen LogP contribution in [0, 0.1) is 23.6 Å². The third-order valence-corrected chi connectivity index (χ3v) is 7.13. The van der Waals surface area contributed by atoms with Crippen molar-refractivity contribution >= 4 is 23.0 Å². The fraction of sp³-hybridized carbons (Fsp3) is 0.391. The molecule has 2 aromatic heterocycles. The van der Waals surface area contributed by atoms with E-state index in [0.717, 1.165) is 31.3 Å². The molecule has 7 rings (SSSR count). The highest BCUT2D eigenvalue weighted by molar-refractivity contribution is 5.88. The number of halogens is 1. The number of fused-ring (bicyclic) bond motifs is 1. The van der Waals surface area contributed by atoms with Gasteiger partial charge < -0.3 is 0 Å². The Kier molecular flexibility index (Phi) is 3.53. The first kappa shape index (κ1) is 17.7. The Balaban J connectivity index is 1.18. The molecule has 1 atom stereocenters. The fourth-order valence-corrected chi connectivity index (χ4v) is 5.82. The zero-order chi connectivity index (χ0) is 20.5. The predicted molar refractivity (Wildman–Crippen MR) is 110 cm³/mol. The number of amides is 1. The van der Waals surface area contributed by atoms with Crippen molar-refractivity contribution in [3.05, 3.63) is 59.8 Å². The lowest BCUT2D eigenvalue weighted by Gasteiger charge is -2.69. The maximum Gasteiger partial charge on any atom is 0.249 e. The first-order valence-electron chi connectivity index (χ1n) is 10.4. The van der Waals surface area contributed by atoms with Crippen LogP contribution in [0.15, 0.2) is 48.0 Å². The lowest BCUT2D eigenvalue weighted by atomic mass is 9.34. The quantitative estimate of drug-likeness (QED) is 0.661. The van der Waals surface area contributed by atoms with Crippen LogP contribution in [0.4, 0.5) is 4.39 Å². The number of carbonyl (C=O) groups is 1. The highest BCUT2D eigenvalue weighted by Gasteiger charge is 2.72. The molecule has 6 nitrogen and oxygen atoms in total. The normalized spacial score (nSPS) is 29.1. The summed E-state index contributed by atoms with van der Waals surface area (Å²) in [5.41, 5.74) is 2.91. The van der Waals surface area contributed by atoms with Crippen LogP contribution < -0.4 is 0 Å². The highest BCUT2D eigenvalue weighted by atomic mass is 19.1. The van der Waals surface area contributed by atoms with Crippen LogP contribution in [-0.2, 0) is 11.3 Å². The smallest absolute Gasteiger partial charge is 0.249 e. The van der Waals surface area contributed by atoms with E-state index in [-0.39, 0.29) is 22.8 Å². The molecule has 0 N–H and O–H groups in total. The van der Waals surface area contributed by atoms with Gasteiger partial charge in [0.15, 0.2) is 0 Å². The molecule has 0 spiro atoms. The molecule has 3 aliphatic carbocycles. The Morgan fingerprint density at radius 2 is 2.07 bits per heavy atom. The van der Waals surface area contributed by atoms with Crippen LogP contribution in [0.3, 0.4) is 0 Å². The van der Waals surface area contributed by atoms with Crippen molar-refractivity contribution in [3.8, 4) is 0 Å². The third kappa shape index (κ3) is 2.41. The van der Waals surface area contributed by atoms with Crippen LogP contribution >= 0.6 is 0 Å². The van der Waals surface area contributed by atoms with Crippen LogP contribution in [-0.4, -0.2) is 31.9 Å². The number of nitrogens with zero attached hydrogens (tertiary/aromatic N) is 5. The molecular weight excluding hydrogens is 381 g/mol. The van der Waals surface area contributed by atoms with E-state index in [1.54, 1.807) is 17.4 Å². The largest absolute Gasteiger partial charge is 0.272 e. The monoisotopic (exact) mass is 403 g/mol. The van der Waals surface area contributed by atoms with E-state index < -0.39 is 5.82 Å². The number of aryl methyl sites for hydroxylation is 1. The van der Waals surface area contributed by atoms with Crippen molar-refractivity contribution in [3.63, 3.8) is 0 Å². The maximum absolute atomic E-state index is 13.6. The van der Waals surface area contributed by atoms with Gasteiger partial charge in [0, 0.05) is 30.8 Å². The van der Waals surface area contributed by atoms with Gasteiger partial charge in [-0.3, -0.25) is 14.5 Å². The average molecular weight is 403 g/mol. The van der Waals surface area contributed by atoms with Crippen molar-refractivity contribution < 1.29 is 9.18 Å². The van der Waals surface area contributed by atoms with Crippen LogP contribution in [0.2, 0.25) is 0 Å². The van der Waals surface area contributed by atoms with Crippen molar-refractivity contribution in [1.82, 2.24) is 19.8 Å². The molecule has 7 heteroatoms. The van der Waals surface area contributed by atoms with E-state index >= 15 is 0 Å². The van der Waals surface area contributed by atoms with Gasteiger partial charge >= 0.3 is 0 Å². The molecule has 2 bridgehead atoms. The van der Waals surface area contributed by atoms with Gasteiger partial charge in [-0.25, -0.2) is 9.40 Å². The van der Waals surface area contributed by atoms with Crippen LogP contribution in [0.25, 0.3) is 10.9 Å². The number of aromatic nitrogens is 3. The summed E-state index contributed by atoms with van der Waals surface area (Å²) in [6.07, 6.45) is 9.68. The van der Waals surface area contributed by atoms with Gasteiger partial charge in [-0.2, -0.15) is 10.2 Å². The summed E-state index contributed by atoms with van der Waals surface area (Å²) in [5.74, 6) is -0.327. The van der Waals surface area contributed by atoms with E-state index in [9.17, 15) is 9.18 Å². The van der Waals surface area contributed by atoms with E-state index in [0.29, 0.717) is 12.0 Å². The molecule has 0 saturated heterocycles. The summed E-state index contributed by atoms with van der Waals surface area (Å²) >= 11 is 0. The molecule has 0 radical (unpaired) electrons. The van der Waals surface area contributed by atoms with Crippen molar-refractivity contribution in [2.45, 2.75) is 45.2 Å². The van der Waals surface area contributed by atoms with Gasteiger partial charge in [-0.1, -0.05) is 12.1 Å². The molecule has 152 valence electrons. The molecule has 3 aromatic rings. The van der Waals surface area contributed by atoms with Gasteiger partial charge in [0.05, 0.1) is 29.4 Å². The summed E-state index contributed by atoms with van der Waals surface area (Å²) in [6, 6.07) is 7.46. The van der Waals surface area contributed by atoms with E-state index in [1.807, 2.05) is 6.20 Å². The summed E-state index contributed by atoms with van der Waals surface area (Å²) in [5, 5.41) is 11.7. The molecule has 1 amide bonds. The minimum Gasteiger partial charge on any atom is -0.272 e. The highest BCUT2D eigenvalue weighted by Crippen LogP contribution is 2.74. The summed E-state index contributed by atoms with van der Waals surface area (Å²) in [4.78, 5) is 17.3. The van der Waals surface area contributed by atoms with Gasteiger partial charge in [0.25, 0.3) is 0 Å². The molecule has 1 unspecified atom stereocenters. The number of hydrazone groups is 1. The van der Waals surface area contributed by atoms with Gasteiger partial charge in [0.1, 0.15) is 5.82 Å². The molecule has 3 heterocycles. The number of pyridine rings is 1. The first-order chi connectivity index (χ1) is 14.5. The fourth-order valence-electron chi connectivity index (χ4n) is 5.82. The lowest BCUT2D eigenvalue weighted by Crippen LogP contribution is -2.68. The standard InChI is InChI=1S/C23H22FN5O/c1-15-3-2-4-20-18(15)10-27-28(20)14-22-11-23(12-22,13-22)21(30)29-19(5-6-26-29)16-7-17(24)9-25-8-16/h2-4,6-10,19H,5,11-14H2,1H3. The Labute approximate surface area is 173 Å². The predicted octanol–water partition coefficient (Wildman–Crippen LogP) is 4.01. The Hall–Kier alpha value is -3.09. The van der Waals surface area contributed by atoms with Gasteiger partial charge in [-0.05, 0) is 54.9 Å². The first-order valence-corrected chi connectivity index (χ1v) is 10.4. The van der Waals surface area contributed by atoms with Crippen molar-refractivity contribution in [2.75, 3.05) is 0 Å². The molecule has 4 aliphatic rings. The van der Waals surface area contributed by atoms with E-state index in [4.69, 9.17) is 0 Å². The molecule has 30 heavy (non-hydrogen) atoms. The van der Waals surface area contributed by atoms with Crippen LogP contribution in [0.1, 0.15) is 42.9 Å². The Morgan fingerprint density at radius 3 is 2.87 bits per heavy atom. The Bertz CT molecular complexity index is 1200. The van der Waals surface area contributed by atoms with Crippen LogP contribution in [0.5, 0.6) is 0 Å². The second-order valence-electron chi connectivity index (χ2n) is 9.26. The topological polar surface area (TPSA) is 63.4 Å². The second-order valence-corrected chi connectivity index (χ2v) is 9.26. The SMILES string of the molecule is Cc1cccc2c1cnn2CC12CC(C(=O)N3N=CCC3c3cncc(F)c3)(C1)C2. The summed E-state index contributed by atoms with van der Waals surface area (Å²) in [6.45, 7) is 2.94. The van der Waals surface area contributed by atoms with Crippen molar-refractivity contribution in [2.24, 2.45) is 15.9 Å². The minimum atomic E-state index is -0.391. The number of benzene rings is 1. The summed E-state index contributed by atoms with van der Waals surface area (Å²) in [7, 11) is 0. The minimum absolute atomic E-state index is 0.0635. The Morgan fingerprint density at radius 1 is 1.23 bits per heavy atom. The average Bonchev–Trinajstić information content (AvgIpc) is 3.31. The van der Waals surface area contributed by atoms with Gasteiger partial charge in [0.2, 0.25) is 5.91 Å². The lowest BCUT2D eigenvalue weighted by molar-refractivity contribution is -0.223. The molecule has 1 aromatic carbocycles. The van der Waals surface area contributed by atoms with Crippen molar-refractivity contribution in [1.29, 1.82) is 0 Å². The van der Waals surface area contributed by atoms with Gasteiger partial charge in [-0.15, -0.1) is 0 Å². The number of hydrogen-bond donors (Lipinski definition) is 0. The maximum atomic E-state index is 13.6. The zero-order valence-electron chi connectivity index (χ0n) is 16.8. The molecule has 1 aliphatic heterocycles.